The Labute approximate surface area is 130 Å². The Kier molecular flexibility index (Phi) is 4.39. The molecule has 4 heteroatoms. The first kappa shape index (κ1) is 14.2. The van der Waals surface area contributed by atoms with Gasteiger partial charge in [-0.15, -0.1) is 10.2 Å². The van der Waals surface area contributed by atoms with E-state index in [-0.39, 0.29) is 0 Å². The number of nitrogens with one attached hydrogen (secondary N) is 1. The van der Waals surface area contributed by atoms with Gasteiger partial charge in [-0.1, -0.05) is 29.8 Å². The van der Waals surface area contributed by atoms with E-state index in [1.807, 2.05) is 48.7 Å². The Morgan fingerprint density at radius 2 is 1.91 bits per heavy atom. The van der Waals surface area contributed by atoms with Crippen LogP contribution in [0.2, 0.25) is 0 Å². The molecule has 0 aliphatic rings. The van der Waals surface area contributed by atoms with Crippen LogP contribution >= 0.6 is 0 Å². The Morgan fingerprint density at radius 3 is 2.64 bits per heavy atom. The van der Waals surface area contributed by atoms with Crippen molar-refractivity contribution < 1.29 is 0 Å². The third-order valence-corrected chi connectivity index (χ3v) is 3.39. The molecular formula is C18H18N4. The molecule has 0 unspecified atom stereocenters. The Hall–Kier alpha value is -2.75. The van der Waals surface area contributed by atoms with Crippen molar-refractivity contribution in [2.24, 2.45) is 0 Å². The van der Waals surface area contributed by atoms with Gasteiger partial charge in [0, 0.05) is 30.4 Å². The molecule has 0 saturated carbocycles. The molecule has 0 atom stereocenters. The number of aromatic nitrogens is 3. The van der Waals surface area contributed by atoms with Crippen molar-refractivity contribution in [1.82, 2.24) is 15.2 Å². The summed E-state index contributed by atoms with van der Waals surface area (Å²) in [6, 6.07) is 18.2. The van der Waals surface area contributed by atoms with Gasteiger partial charge in [-0.2, -0.15) is 0 Å². The molecule has 3 rings (SSSR count). The van der Waals surface area contributed by atoms with E-state index in [9.17, 15) is 0 Å². The molecule has 0 saturated heterocycles. The zero-order chi connectivity index (χ0) is 15.2. The number of anilines is 1. The van der Waals surface area contributed by atoms with Crippen LogP contribution in [0, 0.1) is 6.92 Å². The van der Waals surface area contributed by atoms with Crippen LogP contribution in [0.15, 0.2) is 60.8 Å². The minimum atomic E-state index is 0.785. The van der Waals surface area contributed by atoms with E-state index in [1.165, 1.54) is 5.56 Å². The number of hydrogen-bond acceptors (Lipinski definition) is 4. The van der Waals surface area contributed by atoms with Crippen LogP contribution in [-0.2, 0) is 6.42 Å². The van der Waals surface area contributed by atoms with E-state index in [4.69, 9.17) is 0 Å². The van der Waals surface area contributed by atoms with E-state index in [2.05, 4.69) is 39.6 Å². The second-order valence-corrected chi connectivity index (χ2v) is 5.17. The summed E-state index contributed by atoms with van der Waals surface area (Å²) in [5.74, 6) is 0.785. The summed E-state index contributed by atoms with van der Waals surface area (Å²) in [6.45, 7) is 2.86. The first-order chi connectivity index (χ1) is 10.8. The van der Waals surface area contributed by atoms with Crippen LogP contribution in [0.4, 0.5) is 5.82 Å². The molecule has 22 heavy (non-hydrogen) atoms. The highest BCUT2D eigenvalue weighted by Gasteiger charge is 2.01. The fraction of sp³-hybridized carbons (Fsp3) is 0.167. The third-order valence-electron chi connectivity index (χ3n) is 3.39. The lowest BCUT2D eigenvalue weighted by Gasteiger charge is -2.06. The lowest BCUT2D eigenvalue weighted by molar-refractivity contribution is 0.937. The normalized spacial score (nSPS) is 10.4. The number of nitrogens with zero attached hydrogens (tertiary/aromatic N) is 3. The van der Waals surface area contributed by atoms with Gasteiger partial charge in [-0.3, -0.25) is 4.98 Å². The van der Waals surface area contributed by atoms with Gasteiger partial charge in [0.1, 0.15) is 5.82 Å². The fourth-order valence-corrected chi connectivity index (χ4v) is 2.25. The Morgan fingerprint density at radius 1 is 0.955 bits per heavy atom. The molecule has 1 aromatic carbocycles. The molecule has 0 aliphatic carbocycles. The van der Waals surface area contributed by atoms with Gasteiger partial charge in [0.25, 0.3) is 0 Å². The van der Waals surface area contributed by atoms with Crippen molar-refractivity contribution in [3.63, 3.8) is 0 Å². The van der Waals surface area contributed by atoms with Gasteiger partial charge in [0.05, 0.1) is 5.69 Å². The van der Waals surface area contributed by atoms with E-state index in [1.54, 1.807) is 0 Å². The number of rotatable bonds is 5. The van der Waals surface area contributed by atoms with Gasteiger partial charge >= 0.3 is 0 Å². The summed E-state index contributed by atoms with van der Waals surface area (Å²) in [5.41, 5.74) is 4.27. The van der Waals surface area contributed by atoms with E-state index in [0.717, 1.165) is 35.7 Å². The lowest BCUT2D eigenvalue weighted by Crippen LogP contribution is -2.07. The molecule has 0 fully saturated rings. The van der Waals surface area contributed by atoms with Crippen LogP contribution in [0.1, 0.15) is 11.3 Å². The van der Waals surface area contributed by atoms with Crippen LogP contribution in [-0.4, -0.2) is 21.7 Å². The molecule has 4 nitrogen and oxygen atoms in total. The van der Waals surface area contributed by atoms with Crippen LogP contribution in [0.5, 0.6) is 0 Å². The van der Waals surface area contributed by atoms with Crippen molar-refractivity contribution in [2.45, 2.75) is 13.3 Å². The highest BCUT2D eigenvalue weighted by molar-refractivity contribution is 5.60. The average Bonchev–Trinajstić information content (AvgIpc) is 2.56. The number of pyridine rings is 1. The zero-order valence-electron chi connectivity index (χ0n) is 12.5. The van der Waals surface area contributed by atoms with E-state index < -0.39 is 0 Å². The molecule has 0 spiro atoms. The summed E-state index contributed by atoms with van der Waals surface area (Å²) < 4.78 is 0. The molecule has 1 N–H and O–H groups in total. The Bertz CT molecular complexity index is 724. The summed E-state index contributed by atoms with van der Waals surface area (Å²) in [4.78, 5) is 4.30. The second-order valence-electron chi connectivity index (χ2n) is 5.17. The van der Waals surface area contributed by atoms with E-state index >= 15 is 0 Å². The number of hydrogen-bond donors (Lipinski definition) is 1. The second kappa shape index (κ2) is 6.80. The molecule has 0 amide bonds. The van der Waals surface area contributed by atoms with Crippen molar-refractivity contribution in [2.75, 3.05) is 11.9 Å². The van der Waals surface area contributed by atoms with Gasteiger partial charge in [-0.25, -0.2) is 0 Å². The Balaban J connectivity index is 1.60. The third kappa shape index (κ3) is 3.67. The van der Waals surface area contributed by atoms with Crippen LogP contribution < -0.4 is 5.32 Å². The molecule has 2 aromatic heterocycles. The minimum Gasteiger partial charge on any atom is -0.368 e. The lowest BCUT2D eigenvalue weighted by atomic mass is 10.1. The zero-order valence-corrected chi connectivity index (χ0v) is 12.5. The maximum absolute atomic E-state index is 4.30. The molecular weight excluding hydrogens is 272 g/mol. The topological polar surface area (TPSA) is 50.7 Å². The van der Waals surface area contributed by atoms with E-state index in [0.29, 0.717) is 0 Å². The largest absolute Gasteiger partial charge is 0.368 e. The highest BCUT2D eigenvalue weighted by atomic mass is 15.2. The van der Waals surface area contributed by atoms with Gasteiger partial charge in [0.2, 0.25) is 0 Å². The number of aryl methyl sites for hydroxylation is 1. The van der Waals surface area contributed by atoms with Crippen LogP contribution in [0.3, 0.4) is 0 Å². The van der Waals surface area contributed by atoms with Gasteiger partial charge in [0.15, 0.2) is 0 Å². The van der Waals surface area contributed by atoms with Gasteiger partial charge < -0.3 is 5.32 Å². The molecule has 0 bridgehead atoms. The first-order valence-corrected chi connectivity index (χ1v) is 7.36. The standard InChI is InChI=1S/C18H18N4/c1-14-5-4-6-15(13-14)17-8-9-18(22-21-17)20-12-10-16-7-2-3-11-19-16/h2-9,11,13H,10,12H2,1H3,(H,20,22). The van der Waals surface area contributed by atoms with Crippen molar-refractivity contribution in [1.29, 1.82) is 0 Å². The highest BCUT2D eigenvalue weighted by Crippen LogP contribution is 2.18. The summed E-state index contributed by atoms with van der Waals surface area (Å²) in [5, 5.41) is 11.8. The number of benzene rings is 1. The average molecular weight is 290 g/mol. The quantitative estimate of drug-likeness (QED) is 0.781. The van der Waals surface area contributed by atoms with Gasteiger partial charge in [-0.05, 0) is 37.3 Å². The smallest absolute Gasteiger partial charge is 0.148 e. The first-order valence-electron chi connectivity index (χ1n) is 7.36. The molecule has 3 aromatic rings. The van der Waals surface area contributed by atoms with Crippen molar-refractivity contribution >= 4 is 5.82 Å². The van der Waals surface area contributed by atoms with Crippen molar-refractivity contribution in [3.05, 3.63) is 72.1 Å². The monoisotopic (exact) mass is 290 g/mol. The van der Waals surface area contributed by atoms with Crippen molar-refractivity contribution in [3.8, 4) is 11.3 Å². The summed E-state index contributed by atoms with van der Waals surface area (Å²) in [7, 11) is 0. The summed E-state index contributed by atoms with van der Waals surface area (Å²) in [6.07, 6.45) is 2.67. The molecule has 110 valence electrons. The van der Waals surface area contributed by atoms with Crippen LogP contribution in [0.25, 0.3) is 11.3 Å². The fourth-order valence-electron chi connectivity index (χ4n) is 2.25. The minimum absolute atomic E-state index is 0.785. The predicted molar refractivity (Wildman–Crippen MR) is 88.6 cm³/mol. The molecule has 2 heterocycles. The molecule has 0 radical (unpaired) electrons. The SMILES string of the molecule is Cc1cccc(-c2ccc(NCCc3ccccn3)nn2)c1. The summed E-state index contributed by atoms with van der Waals surface area (Å²) >= 11 is 0. The molecule has 0 aliphatic heterocycles. The maximum atomic E-state index is 4.30. The maximum Gasteiger partial charge on any atom is 0.148 e. The predicted octanol–water partition coefficient (Wildman–Crippen LogP) is 3.50.